The van der Waals surface area contributed by atoms with E-state index < -0.39 is 11.7 Å². The van der Waals surface area contributed by atoms with Gasteiger partial charge in [0.1, 0.15) is 0 Å². The molecular formula is C12H11BrF3N3. The molecule has 19 heavy (non-hydrogen) atoms. The van der Waals surface area contributed by atoms with Crippen molar-refractivity contribution in [1.82, 2.24) is 9.55 Å². The number of hydrogen-bond donors (Lipinski definition) is 1. The van der Waals surface area contributed by atoms with Crippen LogP contribution in [-0.2, 0) is 6.18 Å². The molecule has 0 amide bonds. The Morgan fingerprint density at radius 2 is 2.00 bits per heavy atom. The van der Waals surface area contributed by atoms with Crippen LogP contribution in [0.4, 0.5) is 19.1 Å². The standard InChI is InChI=1S/C12H11BrF3N3/c1-7-6-19(11(17-2)18-7)10-5-8(12(14,15)16)3-4-9(10)13/h3-6H,1-2H3,(H,17,18). The smallest absolute Gasteiger partial charge is 0.358 e. The topological polar surface area (TPSA) is 29.9 Å². The molecule has 0 saturated heterocycles. The Labute approximate surface area is 116 Å². The molecule has 102 valence electrons. The van der Waals surface area contributed by atoms with Crippen molar-refractivity contribution in [2.45, 2.75) is 13.1 Å². The van der Waals surface area contributed by atoms with Gasteiger partial charge in [0.25, 0.3) is 0 Å². The quantitative estimate of drug-likeness (QED) is 0.900. The molecule has 0 atom stereocenters. The molecule has 0 saturated carbocycles. The molecule has 0 unspecified atom stereocenters. The van der Waals surface area contributed by atoms with Crippen molar-refractivity contribution in [2.75, 3.05) is 12.4 Å². The van der Waals surface area contributed by atoms with E-state index in [1.807, 2.05) is 0 Å². The van der Waals surface area contributed by atoms with E-state index in [4.69, 9.17) is 0 Å². The summed E-state index contributed by atoms with van der Waals surface area (Å²) in [7, 11) is 1.67. The van der Waals surface area contributed by atoms with Gasteiger partial charge < -0.3 is 5.32 Å². The second kappa shape index (κ2) is 4.88. The molecule has 0 aliphatic carbocycles. The molecule has 1 aromatic heterocycles. The van der Waals surface area contributed by atoms with Gasteiger partial charge in [-0.1, -0.05) is 0 Å². The molecular weight excluding hydrogens is 323 g/mol. The summed E-state index contributed by atoms with van der Waals surface area (Å²) in [6.45, 7) is 1.78. The monoisotopic (exact) mass is 333 g/mol. The molecule has 1 heterocycles. The van der Waals surface area contributed by atoms with Crippen LogP contribution in [0.3, 0.4) is 0 Å². The Morgan fingerprint density at radius 1 is 1.32 bits per heavy atom. The Bertz CT molecular complexity index is 605. The largest absolute Gasteiger partial charge is 0.416 e. The first-order valence-electron chi connectivity index (χ1n) is 5.44. The van der Waals surface area contributed by atoms with Crippen LogP contribution in [0.2, 0.25) is 0 Å². The van der Waals surface area contributed by atoms with Gasteiger partial charge in [-0.25, -0.2) is 4.98 Å². The van der Waals surface area contributed by atoms with Gasteiger partial charge in [-0.2, -0.15) is 13.2 Å². The zero-order chi connectivity index (χ0) is 14.2. The third-order valence-electron chi connectivity index (χ3n) is 2.58. The summed E-state index contributed by atoms with van der Waals surface area (Å²) in [6, 6.07) is 3.51. The van der Waals surface area contributed by atoms with Crippen LogP contribution in [-0.4, -0.2) is 16.6 Å². The number of halogens is 4. The molecule has 1 aromatic carbocycles. The minimum atomic E-state index is -4.37. The summed E-state index contributed by atoms with van der Waals surface area (Å²) in [5.74, 6) is 0.484. The van der Waals surface area contributed by atoms with E-state index in [1.54, 1.807) is 24.7 Å². The van der Waals surface area contributed by atoms with Gasteiger partial charge in [0, 0.05) is 17.7 Å². The van der Waals surface area contributed by atoms with Gasteiger partial charge >= 0.3 is 6.18 Å². The summed E-state index contributed by atoms with van der Waals surface area (Å²) in [5, 5.41) is 2.85. The number of rotatable bonds is 2. The van der Waals surface area contributed by atoms with Crippen molar-refractivity contribution in [2.24, 2.45) is 0 Å². The predicted octanol–water partition coefficient (Wildman–Crippen LogP) is 4.00. The number of nitrogens with one attached hydrogen (secondary N) is 1. The highest BCUT2D eigenvalue weighted by atomic mass is 79.9. The van der Waals surface area contributed by atoms with Crippen LogP contribution in [0, 0.1) is 6.92 Å². The third kappa shape index (κ3) is 2.75. The fourth-order valence-corrected chi connectivity index (χ4v) is 2.17. The highest BCUT2D eigenvalue weighted by Gasteiger charge is 2.31. The Hall–Kier alpha value is -1.50. The first-order chi connectivity index (χ1) is 8.82. The van der Waals surface area contributed by atoms with Crippen LogP contribution in [0.15, 0.2) is 28.9 Å². The summed E-state index contributed by atoms with van der Waals surface area (Å²) in [4.78, 5) is 4.19. The van der Waals surface area contributed by atoms with E-state index in [-0.39, 0.29) is 0 Å². The van der Waals surface area contributed by atoms with Gasteiger partial charge in [0.05, 0.1) is 16.9 Å². The second-order valence-corrected chi connectivity index (χ2v) is 4.84. The molecule has 0 radical (unpaired) electrons. The highest BCUT2D eigenvalue weighted by molar-refractivity contribution is 9.10. The summed E-state index contributed by atoms with van der Waals surface area (Å²) < 4.78 is 40.4. The van der Waals surface area contributed by atoms with E-state index in [1.165, 1.54) is 6.07 Å². The predicted molar refractivity (Wildman–Crippen MR) is 70.5 cm³/mol. The number of alkyl halides is 3. The van der Waals surface area contributed by atoms with Crippen LogP contribution in [0.1, 0.15) is 11.3 Å². The van der Waals surface area contributed by atoms with Crippen LogP contribution in [0.25, 0.3) is 5.69 Å². The molecule has 0 aliphatic heterocycles. The molecule has 0 aliphatic rings. The van der Waals surface area contributed by atoms with Crippen molar-refractivity contribution >= 4 is 21.9 Å². The fraction of sp³-hybridized carbons (Fsp3) is 0.250. The summed E-state index contributed by atoms with van der Waals surface area (Å²) >= 11 is 3.26. The lowest BCUT2D eigenvalue weighted by Crippen LogP contribution is -2.07. The number of nitrogens with zero attached hydrogens (tertiary/aromatic N) is 2. The molecule has 1 N–H and O–H groups in total. The van der Waals surface area contributed by atoms with Gasteiger partial charge in [-0.3, -0.25) is 4.57 Å². The molecule has 0 spiro atoms. The molecule has 2 aromatic rings. The minimum Gasteiger partial charge on any atom is -0.358 e. The van der Waals surface area contributed by atoms with Crippen molar-refractivity contribution in [3.63, 3.8) is 0 Å². The van der Waals surface area contributed by atoms with E-state index in [0.29, 0.717) is 21.8 Å². The molecule has 3 nitrogen and oxygen atoms in total. The number of benzene rings is 1. The maximum absolute atomic E-state index is 12.7. The van der Waals surface area contributed by atoms with E-state index >= 15 is 0 Å². The van der Waals surface area contributed by atoms with Crippen molar-refractivity contribution in [1.29, 1.82) is 0 Å². The summed E-state index contributed by atoms with van der Waals surface area (Å²) in [6.07, 6.45) is -2.70. The van der Waals surface area contributed by atoms with Gasteiger partial charge in [0.15, 0.2) is 0 Å². The maximum Gasteiger partial charge on any atom is 0.416 e. The Balaban J connectivity index is 2.61. The lowest BCUT2D eigenvalue weighted by atomic mass is 10.2. The van der Waals surface area contributed by atoms with Crippen molar-refractivity contribution in [3.05, 3.63) is 40.1 Å². The molecule has 0 fully saturated rings. The maximum atomic E-state index is 12.7. The second-order valence-electron chi connectivity index (χ2n) is 3.99. The van der Waals surface area contributed by atoms with Crippen molar-refractivity contribution in [3.8, 4) is 5.69 Å². The lowest BCUT2D eigenvalue weighted by Gasteiger charge is -2.13. The third-order valence-corrected chi connectivity index (χ3v) is 3.25. The molecule has 7 heteroatoms. The Morgan fingerprint density at radius 3 is 2.58 bits per heavy atom. The van der Waals surface area contributed by atoms with E-state index in [0.717, 1.165) is 12.1 Å². The first kappa shape index (κ1) is 13.9. The molecule has 0 bridgehead atoms. The number of aromatic nitrogens is 2. The van der Waals surface area contributed by atoms with Gasteiger partial charge in [0.2, 0.25) is 5.95 Å². The minimum absolute atomic E-state index is 0.389. The Kier molecular flexibility index (Phi) is 3.58. The highest BCUT2D eigenvalue weighted by Crippen LogP contribution is 2.34. The van der Waals surface area contributed by atoms with Crippen molar-refractivity contribution < 1.29 is 13.2 Å². The first-order valence-corrected chi connectivity index (χ1v) is 6.23. The normalized spacial score (nSPS) is 11.7. The number of anilines is 1. The van der Waals surface area contributed by atoms with E-state index in [9.17, 15) is 13.2 Å². The van der Waals surface area contributed by atoms with Crippen LogP contribution in [0.5, 0.6) is 0 Å². The number of hydrogen-bond acceptors (Lipinski definition) is 2. The number of imidazole rings is 1. The SMILES string of the molecule is CNc1nc(C)cn1-c1cc(C(F)(F)F)ccc1Br. The number of aryl methyl sites for hydroxylation is 1. The lowest BCUT2D eigenvalue weighted by molar-refractivity contribution is -0.137. The summed E-state index contributed by atoms with van der Waals surface area (Å²) in [5.41, 5.74) is 0.410. The zero-order valence-corrected chi connectivity index (χ0v) is 11.8. The fourth-order valence-electron chi connectivity index (χ4n) is 1.73. The molecule has 2 rings (SSSR count). The average Bonchev–Trinajstić information content (AvgIpc) is 2.69. The zero-order valence-electron chi connectivity index (χ0n) is 10.2. The van der Waals surface area contributed by atoms with E-state index in [2.05, 4.69) is 26.2 Å². The average molecular weight is 334 g/mol. The van der Waals surface area contributed by atoms with Gasteiger partial charge in [-0.05, 0) is 41.1 Å². The van der Waals surface area contributed by atoms with Crippen LogP contribution >= 0.6 is 15.9 Å². The van der Waals surface area contributed by atoms with Crippen LogP contribution < -0.4 is 5.32 Å². The van der Waals surface area contributed by atoms with Gasteiger partial charge in [-0.15, -0.1) is 0 Å².